The summed E-state index contributed by atoms with van der Waals surface area (Å²) in [6, 6.07) is 13.4. The van der Waals surface area contributed by atoms with E-state index in [9.17, 15) is 4.79 Å². The average Bonchev–Trinajstić information content (AvgIpc) is 2.48. The van der Waals surface area contributed by atoms with Gasteiger partial charge in [-0.05, 0) is 43.3 Å². The smallest absolute Gasteiger partial charge is 0.308 e. The zero-order valence-corrected chi connectivity index (χ0v) is 13.8. The van der Waals surface area contributed by atoms with Crippen LogP contribution in [0.4, 0.5) is 0 Å². The Morgan fingerprint density at radius 2 is 1.91 bits per heavy atom. The molecule has 0 aliphatic rings. The highest BCUT2D eigenvalue weighted by atomic mass is 32.1. The van der Waals surface area contributed by atoms with Crippen LogP contribution in [0, 0.1) is 10.7 Å². The Kier molecular flexibility index (Phi) is 4.00. The zero-order valence-electron chi connectivity index (χ0n) is 12.1. The van der Waals surface area contributed by atoms with E-state index in [1.165, 1.54) is 23.8 Å². The molecule has 1 heterocycles. The predicted octanol–water partition coefficient (Wildman–Crippen LogP) is 4.93. The molecule has 0 amide bonds. The third kappa shape index (κ3) is 3.05. The molecule has 110 valence electrons. The van der Waals surface area contributed by atoms with E-state index in [4.69, 9.17) is 17.0 Å². The molecule has 0 aliphatic carbocycles. The lowest BCUT2D eigenvalue weighted by Gasteiger charge is -2.05. The van der Waals surface area contributed by atoms with Crippen molar-refractivity contribution in [3.63, 3.8) is 0 Å². The van der Waals surface area contributed by atoms with Gasteiger partial charge in [0.2, 0.25) is 0 Å². The minimum atomic E-state index is -0.331. The lowest BCUT2D eigenvalue weighted by molar-refractivity contribution is -0.131. The number of ether oxygens (including phenoxy) is 1. The Hall–Kier alpha value is -2.11. The largest absolute Gasteiger partial charge is 0.427 e. The fourth-order valence-electron chi connectivity index (χ4n) is 2.14. The fourth-order valence-corrected chi connectivity index (χ4v) is 3.39. The van der Waals surface area contributed by atoms with Crippen LogP contribution in [0.1, 0.15) is 12.5 Å². The van der Waals surface area contributed by atoms with Crippen molar-refractivity contribution >= 4 is 40.4 Å². The van der Waals surface area contributed by atoms with E-state index in [0.717, 1.165) is 25.3 Å². The van der Waals surface area contributed by atoms with E-state index in [2.05, 4.69) is 11.1 Å². The third-order valence-electron chi connectivity index (χ3n) is 3.15. The lowest BCUT2D eigenvalue weighted by Crippen LogP contribution is -2.00. The number of fused-ring (bicyclic) bond motifs is 1. The van der Waals surface area contributed by atoms with Gasteiger partial charge in [0.05, 0.1) is 5.52 Å². The van der Waals surface area contributed by atoms with Gasteiger partial charge in [0, 0.05) is 17.9 Å². The first-order valence-corrected chi connectivity index (χ1v) is 7.96. The van der Waals surface area contributed by atoms with Gasteiger partial charge in [-0.25, -0.2) is 4.98 Å². The van der Waals surface area contributed by atoms with Crippen LogP contribution in [-0.2, 0) is 4.79 Å². The van der Waals surface area contributed by atoms with Crippen molar-refractivity contribution in [3.8, 4) is 16.3 Å². The average molecular weight is 327 g/mol. The van der Waals surface area contributed by atoms with Crippen molar-refractivity contribution in [2.24, 2.45) is 0 Å². The van der Waals surface area contributed by atoms with E-state index < -0.39 is 0 Å². The lowest BCUT2D eigenvalue weighted by atomic mass is 10.2. The van der Waals surface area contributed by atoms with Crippen molar-refractivity contribution in [2.75, 3.05) is 0 Å². The summed E-state index contributed by atoms with van der Waals surface area (Å²) in [7, 11) is 0. The second-order valence-corrected chi connectivity index (χ2v) is 6.61. The van der Waals surface area contributed by atoms with Crippen LogP contribution in [0.25, 0.3) is 21.5 Å². The third-order valence-corrected chi connectivity index (χ3v) is 4.54. The summed E-state index contributed by atoms with van der Waals surface area (Å²) in [5.74, 6) is 0.193. The topological polar surface area (TPSA) is 39.2 Å². The van der Waals surface area contributed by atoms with Gasteiger partial charge in [0.1, 0.15) is 14.6 Å². The summed E-state index contributed by atoms with van der Waals surface area (Å²) in [4.78, 5) is 15.6. The van der Waals surface area contributed by atoms with Crippen molar-refractivity contribution < 1.29 is 9.53 Å². The molecule has 0 atom stereocenters. The molecule has 2 aromatic carbocycles. The fraction of sp³-hybridized carbons (Fsp3) is 0.118. The van der Waals surface area contributed by atoms with Crippen molar-refractivity contribution in [2.45, 2.75) is 13.8 Å². The number of carbonyl (C=O) groups excluding carboxylic acids is 1. The molecule has 0 saturated carbocycles. The maximum absolute atomic E-state index is 10.9. The van der Waals surface area contributed by atoms with Crippen LogP contribution in [0.5, 0.6) is 5.75 Å². The number of hydrogen-bond acceptors (Lipinski definition) is 5. The van der Waals surface area contributed by atoms with Gasteiger partial charge < -0.3 is 4.74 Å². The van der Waals surface area contributed by atoms with Crippen LogP contribution >= 0.6 is 23.6 Å². The first kappa shape index (κ1) is 14.8. The molecule has 3 aromatic rings. The molecule has 0 spiro atoms. The van der Waals surface area contributed by atoms with Crippen molar-refractivity contribution in [1.82, 2.24) is 4.98 Å². The number of benzene rings is 2. The molecule has 0 aliphatic heterocycles. The Morgan fingerprint density at radius 1 is 1.18 bits per heavy atom. The minimum Gasteiger partial charge on any atom is -0.427 e. The molecular formula is C17H13NO2S2. The normalized spacial score (nSPS) is 10.6. The maximum atomic E-state index is 10.9. The molecule has 3 rings (SSSR count). The highest BCUT2D eigenvalue weighted by Crippen LogP contribution is 2.29. The van der Waals surface area contributed by atoms with E-state index in [1.54, 1.807) is 12.1 Å². The van der Waals surface area contributed by atoms with Gasteiger partial charge in [0.25, 0.3) is 0 Å². The number of rotatable bonds is 2. The first-order chi connectivity index (χ1) is 10.5. The SMILES string of the molecule is CC(=O)Oc1ccc(-c2nc3ccc(C)cc3c(=S)s2)cc1. The summed E-state index contributed by atoms with van der Waals surface area (Å²) < 4.78 is 5.86. The molecule has 0 bridgehead atoms. The maximum Gasteiger partial charge on any atom is 0.308 e. The van der Waals surface area contributed by atoms with E-state index in [1.807, 2.05) is 31.2 Å². The minimum absolute atomic E-state index is 0.331. The monoisotopic (exact) mass is 327 g/mol. The van der Waals surface area contributed by atoms with Gasteiger partial charge in [-0.3, -0.25) is 4.79 Å². The number of hydrogen-bond donors (Lipinski definition) is 0. The van der Waals surface area contributed by atoms with E-state index in [0.29, 0.717) is 5.75 Å². The predicted molar refractivity (Wildman–Crippen MR) is 91.9 cm³/mol. The van der Waals surface area contributed by atoms with Crippen LogP contribution in [0.3, 0.4) is 0 Å². The molecular weight excluding hydrogens is 314 g/mol. The summed E-state index contributed by atoms with van der Waals surface area (Å²) in [6.45, 7) is 3.42. The molecule has 0 fully saturated rings. The number of esters is 1. The number of carbonyl (C=O) groups is 1. The molecule has 0 saturated heterocycles. The van der Waals surface area contributed by atoms with Crippen LogP contribution < -0.4 is 4.74 Å². The Morgan fingerprint density at radius 3 is 2.59 bits per heavy atom. The number of nitrogens with zero attached hydrogens (tertiary/aromatic N) is 1. The summed E-state index contributed by atoms with van der Waals surface area (Å²) in [5.41, 5.74) is 3.02. The summed E-state index contributed by atoms with van der Waals surface area (Å²) >= 11 is 6.98. The van der Waals surface area contributed by atoms with Gasteiger partial charge >= 0.3 is 5.97 Å². The number of aryl methyl sites for hydroxylation is 1. The Balaban J connectivity index is 2.05. The molecule has 5 heteroatoms. The highest BCUT2D eigenvalue weighted by Gasteiger charge is 2.06. The van der Waals surface area contributed by atoms with Crippen molar-refractivity contribution in [3.05, 3.63) is 51.9 Å². The highest BCUT2D eigenvalue weighted by molar-refractivity contribution is 7.74. The molecule has 0 N–H and O–H groups in total. The van der Waals surface area contributed by atoms with Crippen LogP contribution in [-0.4, -0.2) is 11.0 Å². The summed E-state index contributed by atoms with van der Waals surface area (Å²) in [5, 5.41) is 1.87. The first-order valence-electron chi connectivity index (χ1n) is 6.73. The molecule has 0 radical (unpaired) electrons. The van der Waals surface area contributed by atoms with Crippen LogP contribution in [0.15, 0.2) is 42.5 Å². The zero-order chi connectivity index (χ0) is 15.7. The van der Waals surface area contributed by atoms with E-state index in [-0.39, 0.29) is 5.97 Å². The van der Waals surface area contributed by atoms with Gasteiger partial charge in [-0.15, -0.1) is 11.3 Å². The van der Waals surface area contributed by atoms with Crippen molar-refractivity contribution in [1.29, 1.82) is 0 Å². The van der Waals surface area contributed by atoms with Gasteiger partial charge in [-0.2, -0.15) is 0 Å². The quantitative estimate of drug-likeness (QED) is 0.380. The Labute approximate surface area is 137 Å². The summed E-state index contributed by atoms with van der Waals surface area (Å²) in [6.07, 6.45) is 0. The standard InChI is InChI=1S/C17H13NO2S2/c1-10-3-8-15-14(9-10)17(21)22-16(18-15)12-4-6-13(7-5-12)20-11(2)19/h3-9H,1-2H3. The van der Waals surface area contributed by atoms with Gasteiger partial charge in [-0.1, -0.05) is 23.8 Å². The molecule has 0 unspecified atom stereocenters. The molecule has 22 heavy (non-hydrogen) atoms. The second-order valence-electron chi connectivity index (χ2n) is 4.95. The molecule has 3 nitrogen and oxygen atoms in total. The Bertz CT molecular complexity index is 914. The van der Waals surface area contributed by atoms with E-state index >= 15 is 0 Å². The van der Waals surface area contributed by atoms with Crippen LogP contribution in [0.2, 0.25) is 0 Å². The van der Waals surface area contributed by atoms with Gasteiger partial charge in [0.15, 0.2) is 0 Å². The number of aromatic nitrogens is 1. The second kappa shape index (κ2) is 5.94. The molecule has 1 aromatic heterocycles.